The summed E-state index contributed by atoms with van der Waals surface area (Å²) in [6.07, 6.45) is 7.15. The van der Waals surface area contributed by atoms with Crippen molar-refractivity contribution < 1.29 is 19.4 Å². The van der Waals surface area contributed by atoms with Gasteiger partial charge in [0.1, 0.15) is 0 Å². The van der Waals surface area contributed by atoms with Gasteiger partial charge in [0.2, 0.25) is 11.6 Å². The number of epoxide rings is 2. The van der Waals surface area contributed by atoms with Crippen LogP contribution in [0, 0.1) is 38.4 Å². The molecule has 2 saturated heterocycles. The maximum atomic E-state index is 13.7. The van der Waals surface area contributed by atoms with Crippen molar-refractivity contribution in [3.05, 3.63) is 0 Å². The summed E-state index contributed by atoms with van der Waals surface area (Å²) in [6.45, 7) is 21.8. The Morgan fingerprint density at radius 1 is 0.867 bits per heavy atom. The van der Waals surface area contributed by atoms with Gasteiger partial charge in [-0.3, -0.25) is 4.79 Å². The summed E-state index contributed by atoms with van der Waals surface area (Å²) in [5, 5.41) is 11.3. The van der Waals surface area contributed by atoms with Crippen LogP contribution in [0.4, 0.5) is 0 Å². The first-order valence-corrected chi connectivity index (χ1v) is 12.1. The molecule has 2 aliphatic heterocycles. The number of carboxylic acids is 1. The van der Waals surface area contributed by atoms with Gasteiger partial charge in [-0.05, 0) is 28.6 Å². The topological polar surface area (TPSA) is 62.4 Å². The van der Waals surface area contributed by atoms with Crippen molar-refractivity contribution in [2.75, 3.05) is 0 Å². The predicted molar refractivity (Wildman–Crippen MR) is 118 cm³/mol. The van der Waals surface area contributed by atoms with Gasteiger partial charge in [0.15, 0.2) is 0 Å². The number of carboxylic acid groups (broad SMARTS) is 1. The number of aliphatic carboxylic acids is 1. The van der Waals surface area contributed by atoms with E-state index >= 15 is 0 Å². The summed E-state index contributed by atoms with van der Waals surface area (Å²) in [5.74, 6) is -1.56. The normalized spacial score (nSPS) is 47.9. The molecular formula is C26H44O4. The van der Waals surface area contributed by atoms with Crippen LogP contribution in [0.25, 0.3) is 0 Å². The first kappa shape index (κ1) is 22.6. The van der Waals surface area contributed by atoms with Gasteiger partial charge in [-0.2, -0.15) is 0 Å². The number of ether oxygens (including phenoxy) is 2. The third-order valence-corrected chi connectivity index (χ3v) is 10.7. The lowest BCUT2D eigenvalue weighted by atomic mass is 9.29. The van der Waals surface area contributed by atoms with Gasteiger partial charge >= 0.3 is 5.97 Å². The molecule has 0 radical (unpaired) electrons. The summed E-state index contributed by atoms with van der Waals surface area (Å²) in [4.78, 5) is 13.7. The van der Waals surface area contributed by atoms with E-state index in [4.69, 9.17) is 9.47 Å². The van der Waals surface area contributed by atoms with E-state index < -0.39 is 44.6 Å². The minimum atomic E-state index is -1.03. The Kier molecular flexibility index (Phi) is 4.25. The zero-order valence-electron chi connectivity index (χ0n) is 21.0. The molecule has 4 rings (SSSR count). The Morgan fingerprint density at radius 3 is 1.77 bits per heavy atom. The van der Waals surface area contributed by atoms with Crippen LogP contribution in [0.15, 0.2) is 0 Å². The van der Waals surface area contributed by atoms with Crippen molar-refractivity contribution in [1.29, 1.82) is 0 Å². The van der Waals surface area contributed by atoms with Gasteiger partial charge in [-0.1, -0.05) is 101 Å². The SMILES string of the molecule is CC(C)(C)C1(C)C23OC2(O3)C(C)(C)C(C)(CC2CCCCC2)C1(C(=O)O)C(C)(C)C. The molecule has 0 bridgehead atoms. The highest BCUT2D eigenvalue weighted by molar-refractivity contribution is 5.81. The third kappa shape index (κ3) is 1.97. The van der Waals surface area contributed by atoms with Gasteiger partial charge in [0.05, 0.1) is 5.41 Å². The van der Waals surface area contributed by atoms with Gasteiger partial charge in [-0.15, -0.1) is 0 Å². The smallest absolute Gasteiger partial charge is 0.311 e. The molecule has 0 aromatic carbocycles. The monoisotopic (exact) mass is 420 g/mol. The Labute approximate surface area is 183 Å². The molecule has 4 nitrogen and oxygen atoms in total. The zero-order chi connectivity index (χ0) is 22.8. The molecule has 4 heteroatoms. The molecule has 2 aliphatic carbocycles. The Hall–Kier alpha value is -0.610. The van der Waals surface area contributed by atoms with Crippen molar-refractivity contribution in [1.82, 2.24) is 0 Å². The second-order valence-corrected chi connectivity index (χ2v) is 13.8. The van der Waals surface area contributed by atoms with Crippen molar-refractivity contribution in [3.8, 4) is 0 Å². The highest BCUT2D eigenvalue weighted by atomic mass is 17.1. The first-order valence-electron chi connectivity index (χ1n) is 12.1. The summed E-state index contributed by atoms with van der Waals surface area (Å²) < 4.78 is 13.0. The Balaban J connectivity index is 2.04. The molecule has 2 saturated carbocycles. The Morgan fingerprint density at radius 2 is 1.37 bits per heavy atom. The molecule has 0 aromatic heterocycles. The van der Waals surface area contributed by atoms with E-state index in [0.717, 1.165) is 6.42 Å². The van der Waals surface area contributed by atoms with E-state index in [-0.39, 0.29) is 5.41 Å². The maximum Gasteiger partial charge on any atom is 0.311 e. The summed E-state index contributed by atoms with van der Waals surface area (Å²) in [6, 6.07) is 0. The largest absolute Gasteiger partial charge is 0.481 e. The lowest BCUT2D eigenvalue weighted by Crippen LogP contribution is -2.75. The van der Waals surface area contributed by atoms with E-state index in [2.05, 4.69) is 69.2 Å². The van der Waals surface area contributed by atoms with E-state index in [1.807, 2.05) is 0 Å². The molecule has 0 spiro atoms. The standard InChI is InChI=1S/C26H44O4/c1-19(2,3)23(10)24(18(27)28,20(4,5)6)22(9,16-17-14-12-11-13-15-17)21(7,8)25-26(23,29-25)30-25/h17H,11-16H2,1-10H3,(H,27,28). The van der Waals surface area contributed by atoms with E-state index in [1.54, 1.807) is 0 Å². The average molecular weight is 421 g/mol. The quantitative estimate of drug-likeness (QED) is 0.521. The third-order valence-electron chi connectivity index (χ3n) is 10.7. The van der Waals surface area contributed by atoms with E-state index in [1.165, 1.54) is 32.1 Å². The van der Waals surface area contributed by atoms with Gasteiger partial charge in [0, 0.05) is 10.8 Å². The highest BCUT2D eigenvalue weighted by Crippen LogP contribution is 2.96. The molecule has 3 atom stereocenters. The molecule has 0 aromatic rings. The van der Waals surface area contributed by atoms with Gasteiger partial charge in [-0.25, -0.2) is 0 Å². The van der Waals surface area contributed by atoms with E-state index in [0.29, 0.717) is 5.92 Å². The fourth-order valence-electron chi connectivity index (χ4n) is 8.97. The average Bonchev–Trinajstić information content (AvgIpc) is 3.40. The summed E-state index contributed by atoms with van der Waals surface area (Å²) in [5.41, 5.74) is -3.42. The number of hydrogen-bond donors (Lipinski definition) is 1. The first-order chi connectivity index (χ1) is 13.4. The van der Waals surface area contributed by atoms with Crippen LogP contribution in [0.2, 0.25) is 0 Å². The van der Waals surface area contributed by atoms with Crippen LogP contribution < -0.4 is 0 Å². The lowest BCUT2D eigenvalue weighted by molar-refractivity contribution is -0.264. The minimum absolute atomic E-state index is 0.318. The van der Waals surface area contributed by atoms with Crippen molar-refractivity contribution in [2.24, 2.45) is 38.4 Å². The second kappa shape index (κ2) is 5.65. The second-order valence-electron chi connectivity index (χ2n) is 13.8. The lowest BCUT2D eigenvalue weighted by Gasteiger charge is -2.69. The van der Waals surface area contributed by atoms with Crippen molar-refractivity contribution >= 4 is 5.97 Å². The highest BCUT2D eigenvalue weighted by Gasteiger charge is 3.09. The van der Waals surface area contributed by atoms with Crippen molar-refractivity contribution in [2.45, 2.75) is 119 Å². The van der Waals surface area contributed by atoms with Gasteiger partial charge in [0.25, 0.3) is 0 Å². The molecule has 1 N–H and O–H groups in total. The molecule has 30 heavy (non-hydrogen) atoms. The number of hydrogen-bond acceptors (Lipinski definition) is 3. The molecule has 4 fully saturated rings. The molecule has 3 unspecified atom stereocenters. The predicted octanol–water partition coefficient (Wildman–Crippen LogP) is 6.63. The molecule has 4 aliphatic rings. The minimum Gasteiger partial charge on any atom is -0.481 e. The summed E-state index contributed by atoms with van der Waals surface area (Å²) in [7, 11) is 0. The number of rotatable bonds is 3. The van der Waals surface area contributed by atoms with E-state index in [9.17, 15) is 9.90 Å². The van der Waals surface area contributed by atoms with Crippen LogP contribution in [-0.2, 0) is 14.3 Å². The Bertz CT molecular complexity index is 757. The fraction of sp³-hybridized carbons (Fsp3) is 0.962. The molecule has 0 amide bonds. The van der Waals surface area contributed by atoms with Crippen LogP contribution in [-0.4, -0.2) is 22.7 Å². The van der Waals surface area contributed by atoms with Crippen molar-refractivity contribution in [3.63, 3.8) is 0 Å². The maximum absolute atomic E-state index is 13.7. The van der Waals surface area contributed by atoms with Crippen LogP contribution in [0.5, 0.6) is 0 Å². The van der Waals surface area contributed by atoms with Gasteiger partial charge < -0.3 is 14.6 Å². The molecule has 172 valence electrons. The van der Waals surface area contributed by atoms with Crippen LogP contribution >= 0.6 is 0 Å². The number of carbonyl (C=O) groups is 1. The zero-order valence-corrected chi connectivity index (χ0v) is 21.0. The van der Waals surface area contributed by atoms with Crippen LogP contribution in [0.1, 0.15) is 108 Å². The van der Waals surface area contributed by atoms with Crippen LogP contribution in [0.3, 0.4) is 0 Å². The summed E-state index contributed by atoms with van der Waals surface area (Å²) >= 11 is 0. The molecular weight excluding hydrogens is 376 g/mol. The fourth-order valence-corrected chi connectivity index (χ4v) is 8.97. The molecule has 2 heterocycles.